The normalized spacial score (nSPS) is 24.9. The number of hydroxylamine groups is 1. The Morgan fingerprint density at radius 2 is 2.00 bits per heavy atom. The van der Waals surface area contributed by atoms with Gasteiger partial charge >= 0.3 is 0 Å². The molecule has 1 saturated heterocycles. The Morgan fingerprint density at radius 3 is 2.66 bits per heavy atom. The Balaban J connectivity index is 1.30. The largest absolute Gasteiger partial charge is 0.396 e. The van der Waals surface area contributed by atoms with Crippen molar-refractivity contribution in [2.24, 2.45) is 16.7 Å². The number of anilines is 2. The van der Waals surface area contributed by atoms with Crippen LogP contribution < -0.4 is 15.3 Å². The highest BCUT2D eigenvalue weighted by molar-refractivity contribution is 5.95. The van der Waals surface area contributed by atoms with Gasteiger partial charge in [-0.25, -0.2) is 9.45 Å². The topological polar surface area (TPSA) is 88.8 Å². The summed E-state index contributed by atoms with van der Waals surface area (Å²) in [6.07, 6.45) is 4.59. The van der Waals surface area contributed by atoms with E-state index in [0.717, 1.165) is 17.7 Å². The number of nitrogens with zero attached hydrogens (tertiary/aromatic N) is 3. The van der Waals surface area contributed by atoms with Crippen molar-refractivity contribution < 1.29 is 19.1 Å². The molecule has 8 heteroatoms. The van der Waals surface area contributed by atoms with Gasteiger partial charge in [-0.15, -0.1) is 0 Å². The minimum absolute atomic E-state index is 0.0940. The number of hydrogen-bond donors (Lipinski definition) is 2. The van der Waals surface area contributed by atoms with Crippen molar-refractivity contribution in [1.29, 1.82) is 5.26 Å². The van der Waals surface area contributed by atoms with Crippen molar-refractivity contribution in [3.05, 3.63) is 65.0 Å². The van der Waals surface area contributed by atoms with Crippen LogP contribution in [0.25, 0.3) is 6.08 Å². The lowest BCUT2D eigenvalue weighted by Crippen LogP contribution is -2.74. The molecule has 1 atom stereocenters. The Kier molecular flexibility index (Phi) is 6.70. The fourth-order valence-corrected chi connectivity index (χ4v) is 6.74. The predicted molar refractivity (Wildman–Crippen MR) is 145 cm³/mol. The summed E-state index contributed by atoms with van der Waals surface area (Å²) in [4.78, 5) is 21.7. The molecule has 2 aromatic carbocycles. The summed E-state index contributed by atoms with van der Waals surface area (Å²) in [6.45, 7) is 10.1. The summed E-state index contributed by atoms with van der Waals surface area (Å²) in [6, 6.07) is 12.3. The van der Waals surface area contributed by atoms with Crippen LogP contribution >= 0.6 is 0 Å². The summed E-state index contributed by atoms with van der Waals surface area (Å²) in [7, 11) is 0. The number of nitriles is 1. The number of carbonyl (C=O) groups excluding carboxylic acids is 1. The van der Waals surface area contributed by atoms with E-state index < -0.39 is 16.6 Å². The second kappa shape index (κ2) is 9.72. The van der Waals surface area contributed by atoms with Crippen molar-refractivity contribution in [3.8, 4) is 6.07 Å². The lowest BCUT2D eigenvalue weighted by molar-refractivity contribution is -0.213. The molecular formula is C30H35FN4O3. The van der Waals surface area contributed by atoms with Crippen LogP contribution in [-0.2, 0) is 4.84 Å². The second-order valence-electron chi connectivity index (χ2n) is 11.8. The van der Waals surface area contributed by atoms with Gasteiger partial charge in [0.25, 0.3) is 5.91 Å². The van der Waals surface area contributed by atoms with E-state index in [1.807, 2.05) is 29.2 Å². The number of para-hydroxylation sites is 1. The van der Waals surface area contributed by atoms with Crippen molar-refractivity contribution in [1.82, 2.24) is 5.32 Å². The highest BCUT2D eigenvalue weighted by Crippen LogP contribution is 2.56. The number of halogens is 1. The van der Waals surface area contributed by atoms with E-state index >= 15 is 0 Å². The molecule has 3 aliphatic rings. The first kappa shape index (κ1) is 26.2. The van der Waals surface area contributed by atoms with E-state index in [4.69, 9.17) is 4.84 Å². The van der Waals surface area contributed by atoms with E-state index in [0.29, 0.717) is 30.9 Å². The molecule has 0 radical (unpaired) electrons. The average Bonchev–Trinajstić information content (AvgIpc) is 3.38. The zero-order valence-corrected chi connectivity index (χ0v) is 22.4. The van der Waals surface area contributed by atoms with Crippen LogP contribution in [-0.4, -0.2) is 49.4 Å². The number of aliphatic hydroxyl groups excluding tert-OH is 1. The molecular weight excluding hydrogens is 483 g/mol. The number of fused-ring (bicyclic) bond motifs is 1. The smallest absolute Gasteiger partial charge is 0.251 e. The van der Waals surface area contributed by atoms with Crippen LogP contribution in [0.1, 0.15) is 55.6 Å². The standard InChI is InChI=1S/C30H35FN4O3/c1-29(2)27(33-26(37)21-10-11-24(23(31)15-21)34-14-12-19(17-34)18-36)30(3,4)28(29)38-35-13-6-9-20-7-5-8-22(16-32)25(20)35/h5-11,15,19,27-28,36H,12-14,17-18H2,1-4H3,(H,33,37)/t19-,27?,28?/m0/s1. The van der Waals surface area contributed by atoms with Gasteiger partial charge in [0, 0.05) is 53.6 Å². The van der Waals surface area contributed by atoms with Crippen LogP contribution in [0.15, 0.2) is 42.5 Å². The van der Waals surface area contributed by atoms with Crippen LogP contribution in [0.3, 0.4) is 0 Å². The quantitative estimate of drug-likeness (QED) is 0.585. The molecule has 1 saturated carbocycles. The monoisotopic (exact) mass is 518 g/mol. The second-order valence-corrected chi connectivity index (χ2v) is 11.8. The predicted octanol–water partition coefficient (Wildman–Crippen LogP) is 4.51. The molecule has 38 heavy (non-hydrogen) atoms. The molecule has 2 N–H and O–H groups in total. The Bertz CT molecular complexity index is 1300. The number of aliphatic hydroxyl groups is 1. The van der Waals surface area contributed by atoms with Gasteiger partial charge < -0.3 is 15.3 Å². The summed E-state index contributed by atoms with van der Waals surface area (Å²) in [5.74, 6) is -0.612. The van der Waals surface area contributed by atoms with Gasteiger partial charge in [0.2, 0.25) is 0 Å². The van der Waals surface area contributed by atoms with Gasteiger partial charge in [-0.2, -0.15) is 5.26 Å². The Morgan fingerprint density at radius 1 is 1.24 bits per heavy atom. The lowest BCUT2D eigenvalue weighted by atomic mass is 9.49. The molecule has 0 bridgehead atoms. The molecule has 2 aliphatic heterocycles. The molecule has 2 heterocycles. The van der Waals surface area contributed by atoms with E-state index in [9.17, 15) is 19.6 Å². The fraction of sp³-hybridized carbons (Fsp3) is 0.467. The van der Waals surface area contributed by atoms with E-state index in [2.05, 4.69) is 39.1 Å². The van der Waals surface area contributed by atoms with E-state index in [1.165, 1.54) is 6.07 Å². The summed E-state index contributed by atoms with van der Waals surface area (Å²) in [5.41, 5.74) is 2.14. The minimum Gasteiger partial charge on any atom is -0.396 e. The third-order valence-corrected chi connectivity index (χ3v) is 8.45. The third-order valence-electron chi connectivity index (χ3n) is 8.45. The van der Waals surface area contributed by atoms with Crippen molar-refractivity contribution >= 4 is 23.4 Å². The number of carbonyl (C=O) groups is 1. The van der Waals surface area contributed by atoms with Gasteiger partial charge in [-0.05, 0) is 30.7 Å². The summed E-state index contributed by atoms with van der Waals surface area (Å²) >= 11 is 0. The lowest BCUT2D eigenvalue weighted by Gasteiger charge is -2.63. The van der Waals surface area contributed by atoms with Crippen molar-refractivity contribution in [2.75, 3.05) is 36.2 Å². The Hall–Kier alpha value is -3.41. The first-order valence-corrected chi connectivity index (χ1v) is 13.2. The van der Waals surface area contributed by atoms with Crippen LogP contribution in [0.4, 0.5) is 15.8 Å². The molecule has 200 valence electrons. The van der Waals surface area contributed by atoms with E-state index in [1.54, 1.807) is 23.3 Å². The highest BCUT2D eigenvalue weighted by Gasteiger charge is 2.64. The van der Waals surface area contributed by atoms with Crippen LogP contribution in [0, 0.1) is 33.9 Å². The average molecular weight is 519 g/mol. The SMILES string of the molecule is CC1(C)C(NC(=O)c2ccc(N3CC[C@H](CO)C3)c(F)c2)C(C)(C)C1ON1CC=Cc2cccc(C#N)c21. The van der Waals surface area contributed by atoms with Crippen molar-refractivity contribution in [3.63, 3.8) is 0 Å². The maximum Gasteiger partial charge on any atom is 0.251 e. The molecule has 0 spiro atoms. The zero-order valence-electron chi connectivity index (χ0n) is 22.4. The van der Waals surface area contributed by atoms with Crippen molar-refractivity contribution in [2.45, 2.75) is 46.3 Å². The van der Waals surface area contributed by atoms with Gasteiger partial charge in [0.1, 0.15) is 11.9 Å². The summed E-state index contributed by atoms with van der Waals surface area (Å²) in [5, 5.41) is 24.0. The molecule has 7 nitrogen and oxygen atoms in total. The number of hydrogen-bond acceptors (Lipinski definition) is 6. The molecule has 0 unspecified atom stereocenters. The summed E-state index contributed by atoms with van der Waals surface area (Å²) < 4.78 is 15.0. The maximum absolute atomic E-state index is 15.0. The van der Waals surface area contributed by atoms with Gasteiger partial charge in [-0.1, -0.05) is 52.0 Å². The highest BCUT2D eigenvalue weighted by atomic mass is 19.1. The van der Waals surface area contributed by atoms with E-state index in [-0.39, 0.29) is 36.1 Å². The number of nitrogens with one attached hydrogen (secondary N) is 1. The maximum atomic E-state index is 15.0. The number of benzene rings is 2. The Labute approximate surface area is 223 Å². The van der Waals surface area contributed by atoms with Gasteiger partial charge in [0.15, 0.2) is 0 Å². The first-order chi connectivity index (χ1) is 18.1. The van der Waals surface area contributed by atoms with Crippen LogP contribution in [0.5, 0.6) is 0 Å². The number of rotatable bonds is 6. The molecule has 5 rings (SSSR count). The molecule has 2 fully saturated rings. The first-order valence-electron chi connectivity index (χ1n) is 13.2. The third kappa shape index (κ3) is 4.34. The minimum atomic E-state index is -0.435. The molecule has 0 aromatic heterocycles. The molecule has 1 aliphatic carbocycles. The zero-order chi connectivity index (χ0) is 27.2. The molecule has 1 amide bonds. The van der Waals surface area contributed by atoms with Crippen LogP contribution in [0.2, 0.25) is 0 Å². The van der Waals surface area contributed by atoms with Gasteiger partial charge in [-0.3, -0.25) is 9.63 Å². The molecule has 2 aromatic rings. The van der Waals surface area contributed by atoms with Gasteiger partial charge in [0.05, 0.1) is 29.6 Å². The fourth-order valence-electron chi connectivity index (χ4n) is 6.74. The number of amides is 1.